The minimum Gasteiger partial charge on any atom is -0.389 e. The predicted molar refractivity (Wildman–Crippen MR) is 64.9 cm³/mol. The fourth-order valence-corrected chi connectivity index (χ4v) is 2.15. The summed E-state index contributed by atoms with van der Waals surface area (Å²) in [5, 5.41) is 24.3. The summed E-state index contributed by atoms with van der Waals surface area (Å²) >= 11 is 5.77. The van der Waals surface area contributed by atoms with Gasteiger partial charge in [0.1, 0.15) is 0 Å². The molecule has 0 unspecified atom stereocenters. The molecule has 0 amide bonds. The molecule has 17 heavy (non-hydrogen) atoms. The van der Waals surface area contributed by atoms with Gasteiger partial charge in [0.25, 0.3) is 0 Å². The Kier molecular flexibility index (Phi) is 3.73. The first-order valence-corrected chi connectivity index (χ1v) is 6.16. The number of hydrogen-bond acceptors (Lipinski definition) is 4. The SMILES string of the molecule is C[C@]1(O)CCN(CCn2cc(Cl)cn2)C[C@@H]1O. The molecule has 2 atom stereocenters. The van der Waals surface area contributed by atoms with E-state index in [2.05, 4.69) is 10.00 Å². The number of hydrogen-bond donors (Lipinski definition) is 2. The molecular weight excluding hydrogens is 242 g/mol. The highest BCUT2D eigenvalue weighted by molar-refractivity contribution is 6.30. The fraction of sp³-hybridized carbons (Fsp3) is 0.727. The summed E-state index contributed by atoms with van der Waals surface area (Å²) in [6, 6.07) is 0. The number of β-amino-alcohol motifs (C(OH)–C–C–N with tert-alkyl or cyclic N) is 1. The van der Waals surface area contributed by atoms with Gasteiger partial charge in [-0.2, -0.15) is 5.10 Å². The van der Waals surface area contributed by atoms with Crippen LogP contribution in [-0.2, 0) is 6.54 Å². The number of likely N-dealkylation sites (tertiary alicyclic amines) is 1. The van der Waals surface area contributed by atoms with Crippen molar-refractivity contribution in [3.8, 4) is 0 Å². The van der Waals surface area contributed by atoms with Crippen LogP contribution in [0.3, 0.4) is 0 Å². The quantitative estimate of drug-likeness (QED) is 0.823. The maximum atomic E-state index is 9.84. The second-order valence-corrected chi connectivity index (χ2v) is 5.28. The third-order valence-corrected chi connectivity index (χ3v) is 3.53. The Balaban J connectivity index is 1.81. The molecule has 1 aliphatic rings. The molecule has 1 fully saturated rings. The lowest BCUT2D eigenvalue weighted by molar-refractivity contribution is -0.107. The Hall–Kier alpha value is -0.620. The zero-order valence-electron chi connectivity index (χ0n) is 9.88. The van der Waals surface area contributed by atoms with E-state index in [9.17, 15) is 10.2 Å². The van der Waals surface area contributed by atoms with E-state index in [1.807, 2.05) is 0 Å². The first-order valence-electron chi connectivity index (χ1n) is 5.78. The van der Waals surface area contributed by atoms with Crippen LogP contribution in [0.2, 0.25) is 5.02 Å². The van der Waals surface area contributed by atoms with Gasteiger partial charge < -0.3 is 10.2 Å². The summed E-state index contributed by atoms with van der Waals surface area (Å²) in [5.41, 5.74) is -0.953. The zero-order chi connectivity index (χ0) is 12.5. The first kappa shape index (κ1) is 12.8. The minimum absolute atomic E-state index is 0.502. The summed E-state index contributed by atoms with van der Waals surface area (Å²) in [4.78, 5) is 2.12. The van der Waals surface area contributed by atoms with Gasteiger partial charge in [0.15, 0.2) is 0 Å². The standard InChI is InChI=1S/C11H18ClN3O2/c1-11(17)2-3-14(8-10(11)16)4-5-15-7-9(12)6-13-15/h6-7,10,16-17H,2-5,8H2,1H3/t10-,11-/m0/s1. The van der Waals surface area contributed by atoms with Crippen molar-refractivity contribution in [3.63, 3.8) is 0 Å². The van der Waals surface area contributed by atoms with Crippen molar-refractivity contribution < 1.29 is 10.2 Å². The molecule has 96 valence electrons. The molecule has 0 bridgehead atoms. The highest BCUT2D eigenvalue weighted by atomic mass is 35.5. The van der Waals surface area contributed by atoms with Gasteiger partial charge in [-0.05, 0) is 13.3 Å². The van der Waals surface area contributed by atoms with Crippen molar-refractivity contribution in [2.75, 3.05) is 19.6 Å². The van der Waals surface area contributed by atoms with Crippen LogP contribution in [-0.4, -0.2) is 56.2 Å². The fourth-order valence-electron chi connectivity index (χ4n) is 1.99. The molecule has 0 spiro atoms. The summed E-state index contributed by atoms with van der Waals surface area (Å²) in [5.74, 6) is 0. The van der Waals surface area contributed by atoms with Crippen LogP contribution in [0.5, 0.6) is 0 Å². The Morgan fingerprint density at radius 2 is 2.35 bits per heavy atom. The van der Waals surface area contributed by atoms with Gasteiger partial charge in [0.05, 0.1) is 29.5 Å². The van der Waals surface area contributed by atoms with Gasteiger partial charge in [-0.3, -0.25) is 9.58 Å². The Labute approximate surface area is 106 Å². The van der Waals surface area contributed by atoms with Crippen molar-refractivity contribution in [1.82, 2.24) is 14.7 Å². The van der Waals surface area contributed by atoms with Gasteiger partial charge in [0.2, 0.25) is 0 Å². The van der Waals surface area contributed by atoms with E-state index >= 15 is 0 Å². The molecular formula is C11H18ClN3O2. The van der Waals surface area contributed by atoms with E-state index in [0.29, 0.717) is 18.0 Å². The highest BCUT2D eigenvalue weighted by Gasteiger charge is 2.35. The van der Waals surface area contributed by atoms with Crippen LogP contribution >= 0.6 is 11.6 Å². The maximum absolute atomic E-state index is 9.84. The van der Waals surface area contributed by atoms with E-state index in [1.54, 1.807) is 24.0 Å². The van der Waals surface area contributed by atoms with Gasteiger partial charge in [-0.1, -0.05) is 11.6 Å². The topological polar surface area (TPSA) is 61.5 Å². The number of aliphatic hydroxyl groups excluding tert-OH is 1. The van der Waals surface area contributed by atoms with Crippen LogP contribution in [0.4, 0.5) is 0 Å². The van der Waals surface area contributed by atoms with E-state index in [1.165, 1.54) is 0 Å². The zero-order valence-corrected chi connectivity index (χ0v) is 10.6. The second kappa shape index (κ2) is 4.94. The van der Waals surface area contributed by atoms with Crippen LogP contribution in [0.15, 0.2) is 12.4 Å². The average Bonchev–Trinajstić information content (AvgIpc) is 2.66. The van der Waals surface area contributed by atoms with E-state index in [-0.39, 0.29) is 0 Å². The third kappa shape index (κ3) is 3.19. The van der Waals surface area contributed by atoms with Crippen LogP contribution in [0.25, 0.3) is 0 Å². The number of halogens is 1. The van der Waals surface area contributed by atoms with Gasteiger partial charge >= 0.3 is 0 Å². The van der Waals surface area contributed by atoms with Crippen LogP contribution in [0.1, 0.15) is 13.3 Å². The lowest BCUT2D eigenvalue weighted by Gasteiger charge is -2.39. The monoisotopic (exact) mass is 259 g/mol. The van der Waals surface area contributed by atoms with Crippen molar-refractivity contribution in [3.05, 3.63) is 17.4 Å². The molecule has 1 aromatic rings. The summed E-state index contributed by atoms with van der Waals surface area (Å²) in [7, 11) is 0. The van der Waals surface area contributed by atoms with Crippen LogP contribution < -0.4 is 0 Å². The Morgan fingerprint density at radius 1 is 1.59 bits per heavy atom. The van der Waals surface area contributed by atoms with Crippen LogP contribution in [0, 0.1) is 0 Å². The number of rotatable bonds is 3. The highest BCUT2D eigenvalue weighted by Crippen LogP contribution is 2.21. The van der Waals surface area contributed by atoms with E-state index < -0.39 is 11.7 Å². The van der Waals surface area contributed by atoms with Gasteiger partial charge in [-0.25, -0.2) is 0 Å². The molecule has 1 aromatic heterocycles. The van der Waals surface area contributed by atoms with Gasteiger partial charge in [-0.15, -0.1) is 0 Å². The van der Waals surface area contributed by atoms with Gasteiger partial charge in [0, 0.05) is 25.8 Å². The lowest BCUT2D eigenvalue weighted by atomic mass is 9.91. The molecule has 1 aliphatic heterocycles. The summed E-state index contributed by atoms with van der Waals surface area (Å²) < 4.78 is 1.78. The smallest absolute Gasteiger partial charge is 0.0951 e. The van der Waals surface area contributed by atoms with Crippen molar-refractivity contribution in [2.24, 2.45) is 0 Å². The molecule has 0 radical (unpaired) electrons. The number of aliphatic hydroxyl groups is 2. The Morgan fingerprint density at radius 3 is 2.94 bits per heavy atom. The molecule has 1 saturated heterocycles. The van der Waals surface area contributed by atoms with Crippen molar-refractivity contribution in [1.29, 1.82) is 0 Å². The average molecular weight is 260 g/mol. The van der Waals surface area contributed by atoms with Crippen molar-refractivity contribution in [2.45, 2.75) is 31.6 Å². The molecule has 0 aromatic carbocycles. The largest absolute Gasteiger partial charge is 0.389 e. The number of nitrogens with zero attached hydrogens (tertiary/aromatic N) is 3. The first-order chi connectivity index (χ1) is 7.97. The molecule has 0 aliphatic carbocycles. The summed E-state index contributed by atoms with van der Waals surface area (Å²) in [6.45, 7) is 4.51. The number of piperidine rings is 1. The molecule has 2 rings (SSSR count). The molecule has 0 saturated carbocycles. The third-order valence-electron chi connectivity index (χ3n) is 3.33. The molecule has 5 nitrogen and oxygen atoms in total. The molecule has 2 N–H and O–H groups in total. The molecule has 2 heterocycles. The number of aromatic nitrogens is 2. The minimum atomic E-state index is -0.953. The molecule has 6 heteroatoms. The predicted octanol–water partition coefficient (Wildman–Crippen LogP) is 0.354. The van der Waals surface area contributed by atoms with E-state index in [4.69, 9.17) is 11.6 Å². The van der Waals surface area contributed by atoms with E-state index in [0.717, 1.165) is 19.6 Å². The lowest BCUT2D eigenvalue weighted by Crippen LogP contribution is -2.54. The summed E-state index contributed by atoms with van der Waals surface area (Å²) in [6.07, 6.45) is 3.29. The normalized spacial score (nSPS) is 30.7. The Bertz CT molecular complexity index is 381. The maximum Gasteiger partial charge on any atom is 0.0951 e. The van der Waals surface area contributed by atoms with Crippen molar-refractivity contribution >= 4 is 11.6 Å². The second-order valence-electron chi connectivity index (χ2n) is 4.85.